The zero-order chi connectivity index (χ0) is 21.6. The Kier molecular flexibility index (Phi) is 7.17. The molecule has 1 aromatic heterocycles. The van der Waals surface area contributed by atoms with Crippen LogP contribution in [0.2, 0.25) is 0 Å². The molecule has 1 aliphatic carbocycles. The molecule has 1 fully saturated rings. The molecule has 1 saturated heterocycles. The van der Waals surface area contributed by atoms with E-state index in [9.17, 15) is 9.18 Å². The molecule has 2 aliphatic rings. The van der Waals surface area contributed by atoms with Crippen LogP contribution in [0.1, 0.15) is 43.9 Å². The predicted octanol–water partition coefficient (Wildman–Crippen LogP) is 4.23. The maximum absolute atomic E-state index is 13.5. The number of hydrogen-bond acceptors (Lipinski definition) is 5. The normalized spacial score (nSPS) is 17.5. The van der Waals surface area contributed by atoms with Gasteiger partial charge in [0.2, 0.25) is 0 Å². The van der Waals surface area contributed by atoms with E-state index in [0.717, 1.165) is 56.9 Å². The van der Waals surface area contributed by atoms with Crippen LogP contribution in [0.15, 0.2) is 30.3 Å². The molecule has 0 unspecified atom stereocenters. The van der Waals surface area contributed by atoms with Gasteiger partial charge in [-0.05, 0) is 60.6 Å². The maximum atomic E-state index is 13.5. The fraction of sp³-hybridized carbons (Fsp3) is 0.520. The summed E-state index contributed by atoms with van der Waals surface area (Å²) in [6, 6.07) is 9.09. The van der Waals surface area contributed by atoms with Crippen molar-refractivity contribution in [2.75, 3.05) is 44.2 Å². The van der Waals surface area contributed by atoms with Crippen LogP contribution in [-0.4, -0.2) is 55.2 Å². The number of rotatable bonds is 5. The van der Waals surface area contributed by atoms with Crippen molar-refractivity contribution in [3.8, 4) is 11.1 Å². The zero-order valence-corrected chi connectivity index (χ0v) is 18.4. The summed E-state index contributed by atoms with van der Waals surface area (Å²) in [7, 11) is 0. The summed E-state index contributed by atoms with van der Waals surface area (Å²) in [5, 5.41) is 0. The lowest BCUT2D eigenvalue weighted by Gasteiger charge is -2.36. The van der Waals surface area contributed by atoms with Crippen molar-refractivity contribution in [3.05, 3.63) is 47.4 Å². The van der Waals surface area contributed by atoms with Gasteiger partial charge in [0.1, 0.15) is 18.2 Å². The van der Waals surface area contributed by atoms with E-state index in [-0.39, 0.29) is 11.8 Å². The van der Waals surface area contributed by atoms with Crippen molar-refractivity contribution in [1.82, 2.24) is 9.88 Å². The van der Waals surface area contributed by atoms with Gasteiger partial charge < -0.3 is 9.64 Å². The van der Waals surface area contributed by atoms with E-state index >= 15 is 0 Å². The predicted molar refractivity (Wildman–Crippen MR) is 121 cm³/mol. The number of ether oxygens (including phenoxy) is 1. The van der Waals surface area contributed by atoms with Gasteiger partial charge in [0, 0.05) is 45.3 Å². The molecule has 0 amide bonds. The average molecular weight is 426 g/mol. The summed E-state index contributed by atoms with van der Waals surface area (Å²) in [6.07, 6.45) is 6.94. The summed E-state index contributed by atoms with van der Waals surface area (Å²) in [6.45, 7) is 6.30. The first-order valence-electron chi connectivity index (χ1n) is 11.5. The van der Waals surface area contributed by atoms with Gasteiger partial charge in [-0.25, -0.2) is 9.37 Å². The summed E-state index contributed by atoms with van der Waals surface area (Å²) in [5.74, 6) is 0.598. The minimum atomic E-state index is -0.225. The van der Waals surface area contributed by atoms with Crippen LogP contribution >= 0.6 is 0 Å². The van der Waals surface area contributed by atoms with Crippen molar-refractivity contribution in [3.63, 3.8) is 0 Å². The van der Waals surface area contributed by atoms with Crippen LogP contribution in [0.25, 0.3) is 11.1 Å². The standard InChI is InChI=1S/C25H32FN3O2/c1-19(30)31-17-16-28-12-14-29(15-13-28)25-18-23(20-8-10-21(26)11-9-20)22-6-4-2-3-5-7-24(22)27-25/h8-11,18H,2-7,12-17H2,1H3. The van der Waals surface area contributed by atoms with E-state index in [1.807, 2.05) is 12.1 Å². The molecule has 2 aromatic rings. The highest BCUT2D eigenvalue weighted by Crippen LogP contribution is 2.33. The topological polar surface area (TPSA) is 45.7 Å². The second-order valence-corrected chi connectivity index (χ2v) is 8.54. The van der Waals surface area contributed by atoms with Crippen molar-refractivity contribution < 1.29 is 13.9 Å². The Bertz CT molecular complexity index is 892. The highest BCUT2D eigenvalue weighted by atomic mass is 19.1. The van der Waals surface area contributed by atoms with Gasteiger partial charge in [-0.15, -0.1) is 0 Å². The molecule has 5 nitrogen and oxygen atoms in total. The number of nitrogens with zero attached hydrogens (tertiary/aromatic N) is 3. The monoisotopic (exact) mass is 425 g/mol. The number of aryl methyl sites for hydroxylation is 1. The molecule has 1 aromatic carbocycles. The van der Waals surface area contributed by atoms with Crippen molar-refractivity contribution in [1.29, 1.82) is 0 Å². The Labute approximate surface area is 184 Å². The summed E-state index contributed by atoms with van der Waals surface area (Å²) in [5.41, 5.74) is 4.84. The molecular formula is C25H32FN3O2. The second-order valence-electron chi connectivity index (χ2n) is 8.54. The Morgan fingerprint density at radius 3 is 2.45 bits per heavy atom. The van der Waals surface area contributed by atoms with E-state index < -0.39 is 0 Å². The minimum Gasteiger partial charge on any atom is -0.465 e. The lowest BCUT2D eigenvalue weighted by molar-refractivity contribution is -0.141. The third-order valence-electron chi connectivity index (χ3n) is 6.35. The third-order valence-corrected chi connectivity index (χ3v) is 6.35. The van der Waals surface area contributed by atoms with Gasteiger partial charge >= 0.3 is 5.97 Å². The van der Waals surface area contributed by atoms with Crippen LogP contribution in [0.5, 0.6) is 0 Å². The second kappa shape index (κ2) is 10.2. The molecule has 0 spiro atoms. The van der Waals surface area contributed by atoms with Gasteiger partial charge in [0.05, 0.1) is 0 Å². The number of hydrogen-bond donors (Lipinski definition) is 0. The number of carbonyl (C=O) groups is 1. The molecule has 6 heteroatoms. The van der Waals surface area contributed by atoms with Crippen LogP contribution in [0.3, 0.4) is 0 Å². The molecule has 0 radical (unpaired) electrons. The van der Waals surface area contributed by atoms with Gasteiger partial charge in [-0.2, -0.15) is 0 Å². The number of piperazine rings is 1. The Morgan fingerprint density at radius 2 is 1.74 bits per heavy atom. The summed E-state index contributed by atoms with van der Waals surface area (Å²) < 4.78 is 18.6. The van der Waals surface area contributed by atoms with E-state index in [4.69, 9.17) is 9.72 Å². The molecule has 0 bridgehead atoms. The van der Waals surface area contributed by atoms with Crippen LogP contribution in [-0.2, 0) is 22.4 Å². The van der Waals surface area contributed by atoms with Gasteiger partial charge in [0.25, 0.3) is 0 Å². The highest BCUT2D eigenvalue weighted by molar-refractivity contribution is 5.72. The number of esters is 1. The van der Waals surface area contributed by atoms with E-state index in [1.54, 1.807) is 12.1 Å². The molecule has 4 rings (SSSR count). The first kappa shape index (κ1) is 21.8. The number of fused-ring (bicyclic) bond motifs is 1. The summed E-state index contributed by atoms with van der Waals surface area (Å²) in [4.78, 5) is 20.8. The van der Waals surface area contributed by atoms with E-state index in [0.29, 0.717) is 6.61 Å². The molecule has 31 heavy (non-hydrogen) atoms. The molecule has 0 N–H and O–H groups in total. The zero-order valence-electron chi connectivity index (χ0n) is 18.4. The lowest BCUT2D eigenvalue weighted by Crippen LogP contribution is -2.47. The number of carbonyl (C=O) groups excluding carboxylic acids is 1. The first-order chi connectivity index (χ1) is 15.1. The van der Waals surface area contributed by atoms with Gasteiger partial charge in [-0.1, -0.05) is 25.0 Å². The number of halogens is 1. The van der Waals surface area contributed by atoms with Gasteiger partial charge in [0.15, 0.2) is 0 Å². The summed E-state index contributed by atoms with van der Waals surface area (Å²) >= 11 is 0. The Hall–Kier alpha value is -2.47. The molecule has 0 saturated carbocycles. The molecular weight excluding hydrogens is 393 g/mol. The van der Waals surface area contributed by atoms with Crippen molar-refractivity contribution >= 4 is 11.8 Å². The lowest BCUT2D eigenvalue weighted by atomic mass is 9.90. The molecule has 1 aliphatic heterocycles. The van der Waals surface area contributed by atoms with Gasteiger partial charge in [-0.3, -0.25) is 9.69 Å². The molecule has 166 valence electrons. The van der Waals surface area contributed by atoms with E-state index in [2.05, 4.69) is 15.9 Å². The van der Waals surface area contributed by atoms with Crippen LogP contribution in [0, 0.1) is 5.82 Å². The third kappa shape index (κ3) is 5.62. The highest BCUT2D eigenvalue weighted by Gasteiger charge is 2.22. The maximum Gasteiger partial charge on any atom is 0.302 e. The van der Waals surface area contributed by atoms with Crippen LogP contribution < -0.4 is 4.90 Å². The average Bonchev–Trinajstić information content (AvgIpc) is 2.75. The Balaban J connectivity index is 1.55. The Morgan fingerprint density at radius 1 is 1.03 bits per heavy atom. The minimum absolute atomic E-state index is 0.203. The van der Waals surface area contributed by atoms with Crippen molar-refractivity contribution in [2.24, 2.45) is 0 Å². The molecule has 0 atom stereocenters. The number of pyridine rings is 1. The fourth-order valence-corrected chi connectivity index (χ4v) is 4.61. The number of benzene rings is 1. The van der Waals surface area contributed by atoms with Crippen molar-refractivity contribution in [2.45, 2.75) is 45.4 Å². The van der Waals surface area contributed by atoms with E-state index in [1.165, 1.54) is 49.4 Å². The van der Waals surface area contributed by atoms with Crippen LogP contribution in [0.4, 0.5) is 10.2 Å². The number of aromatic nitrogens is 1. The first-order valence-corrected chi connectivity index (χ1v) is 11.5. The molecule has 2 heterocycles. The SMILES string of the molecule is CC(=O)OCCN1CCN(c2cc(-c3ccc(F)cc3)c3c(n2)CCCCCC3)CC1. The largest absolute Gasteiger partial charge is 0.465 e. The number of anilines is 1. The quantitative estimate of drug-likeness (QED) is 0.671. The smallest absolute Gasteiger partial charge is 0.302 e. The fourth-order valence-electron chi connectivity index (χ4n) is 4.61.